The van der Waals surface area contributed by atoms with E-state index in [4.69, 9.17) is 5.26 Å². The third-order valence-electron chi connectivity index (χ3n) is 2.66. The number of hydrogen-bond acceptors (Lipinski definition) is 2. The van der Waals surface area contributed by atoms with Gasteiger partial charge in [-0.25, -0.2) is 8.78 Å². The molecule has 0 aliphatic carbocycles. The van der Waals surface area contributed by atoms with Gasteiger partial charge in [-0.15, -0.1) is 0 Å². The Labute approximate surface area is 117 Å². The van der Waals surface area contributed by atoms with Gasteiger partial charge in [0.2, 0.25) is 0 Å². The van der Waals surface area contributed by atoms with Crippen molar-refractivity contribution >= 4 is 27.3 Å². The Kier molecular flexibility index (Phi) is 3.82. The molecule has 5 heteroatoms. The fourth-order valence-corrected chi connectivity index (χ4v) is 2.02. The van der Waals surface area contributed by atoms with E-state index in [-0.39, 0.29) is 10.2 Å². The number of hydrogen-bond donors (Lipinski definition) is 1. The van der Waals surface area contributed by atoms with Crippen LogP contribution in [0.25, 0.3) is 0 Å². The molecule has 1 N–H and O–H groups in total. The summed E-state index contributed by atoms with van der Waals surface area (Å²) in [5.74, 6) is -1.39. The Hall–Kier alpha value is -1.93. The number of aryl methyl sites for hydroxylation is 1. The molecule has 0 saturated carbocycles. The van der Waals surface area contributed by atoms with Gasteiger partial charge < -0.3 is 5.32 Å². The van der Waals surface area contributed by atoms with Gasteiger partial charge in [0.25, 0.3) is 0 Å². The van der Waals surface area contributed by atoms with Crippen LogP contribution in [0.3, 0.4) is 0 Å². The van der Waals surface area contributed by atoms with Crippen molar-refractivity contribution in [1.82, 2.24) is 0 Å². The number of benzene rings is 2. The van der Waals surface area contributed by atoms with Crippen LogP contribution in [0.1, 0.15) is 11.1 Å². The first kappa shape index (κ1) is 13.5. The average molecular weight is 323 g/mol. The van der Waals surface area contributed by atoms with E-state index in [1.807, 2.05) is 6.07 Å². The van der Waals surface area contributed by atoms with E-state index in [0.29, 0.717) is 11.3 Å². The van der Waals surface area contributed by atoms with Gasteiger partial charge in [0, 0.05) is 6.07 Å². The zero-order chi connectivity index (χ0) is 14.0. The smallest absolute Gasteiger partial charge is 0.149 e. The van der Waals surface area contributed by atoms with Crippen LogP contribution in [0.2, 0.25) is 0 Å². The van der Waals surface area contributed by atoms with Crippen molar-refractivity contribution in [1.29, 1.82) is 5.26 Å². The van der Waals surface area contributed by atoms with Crippen LogP contribution < -0.4 is 5.32 Å². The Balaban J connectivity index is 2.48. The summed E-state index contributed by atoms with van der Waals surface area (Å²) in [7, 11) is 0. The monoisotopic (exact) mass is 322 g/mol. The minimum atomic E-state index is -0.715. The summed E-state index contributed by atoms with van der Waals surface area (Å²) in [5.41, 5.74) is 1.83. The van der Waals surface area contributed by atoms with Crippen molar-refractivity contribution in [3.63, 3.8) is 0 Å². The van der Waals surface area contributed by atoms with Gasteiger partial charge >= 0.3 is 0 Å². The molecule has 0 bridgehead atoms. The molecule has 2 aromatic rings. The lowest BCUT2D eigenvalue weighted by molar-refractivity contribution is 0.581. The van der Waals surface area contributed by atoms with Crippen molar-refractivity contribution < 1.29 is 8.78 Å². The Morgan fingerprint density at radius 2 is 1.95 bits per heavy atom. The largest absolute Gasteiger partial charge is 0.352 e. The first-order valence-corrected chi connectivity index (χ1v) is 6.23. The second-order valence-corrected chi connectivity index (χ2v) is 4.83. The number of para-hydroxylation sites is 1. The first-order valence-electron chi connectivity index (χ1n) is 5.44. The van der Waals surface area contributed by atoms with Crippen LogP contribution in [-0.4, -0.2) is 0 Å². The van der Waals surface area contributed by atoms with Crippen molar-refractivity contribution in [3.8, 4) is 6.07 Å². The highest BCUT2D eigenvalue weighted by molar-refractivity contribution is 9.10. The fourth-order valence-electron chi connectivity index (χ4n) is 1.68. The van der Waals surface area contributed by atoms with Crippen LogP contribution in [0.4, 0.5) is 20.2 Å². The van der Waals surface area contributed by atoms with Crippen molar-refractivity contribution in [3.05, 3.63) is 57.6 Å². The molecule has 0 fully saturated rings. The number of nitrogens with one attached hydrogen (secondary N) is 1. The molecule has 0 aromatic heterocycles. The Morgan fingerprint density at radius 3 is 2.63 bits per heavy atom. The number of anilines is 2. The fraction of sp³-hybridized carbons (Fsp3) is 0.0714. The lowest BCUT2D eigenvalue weighted by Crippen LogP contribution is -1.99. The molecule has 0 aliphatic rings. The molecule has 0 unspecified atom stereocenters. The topological polar surface area (TPSA) is 35.8 Å². The predicted molar refractivity (Wildman–Crippen MR) is 73.2 cm³/mol. The maximum atomic E-state index is 13.7. The number of rotatable bonds is 2. The Morgan fingerprint density at radius 1 is 1.21 bits per heavy atom. The number of nitrogens with zero attached hydrogens (tertiary/aromatic N) is 1. The molecule has 0 radical (unpaired) electrons. The summed E-state index contributed by atoms with van der Waals surface area (Å²) in [4.78, 5) is 0. The minimum absolute atomic E-state index is 0.110. The molecular formula is C14H9BrF2N2. The molecule has 0 atom stereocenters. The summed E-state index contributed by atoms with van der Waals surface area (Å²) in [6, 6.07) is 9.31. The third kappa shape index (κ3) is 2.74. The second kappa shape index (κ2) is 5.37. The number of nitriles is 1. The Bertz CT molecular complexity index is 678. The van der Waals surface area contributed by atoms with Crippen LogP contribution in [0.5, 0.6) is 0 Å². The first-order chi connectivity index (χ1) is 9.02. The SMILES string of the molecule is Cc1cccc(C#N)c1Nc1cc(Br)c(F)cc1F. The van der Waals surface area contributed by atoms with Gasteiger partial charge in [0.05, 0.1) is 21.4 Å². The van der Waals surface area contributed by atoms with E-state index < -0.39 is 11.6 Å². The second-order valence-electron chi connectivity index (χ2n) is 3.98. The molecule has 0 saturated heterocycles. The van der Waals surface area contributed by atoms with Gasteiger partial charge in [0.15, 0.2) is 0 Å². The maximum Gasteiger partial charge on any atom is 0.149 e. The molecule has 0 aliphatic heterocycles. The molecule has 0 spiro atoms. The summed E-state index contributed by atoms with van der Waals surface area (Å²) >= 11 is 3.00. The molecule has 2 aromatic carbocycles. The van der Waals surface area contributed by atoms with Crippen LogP contribution >= 0.6 is 15.9 Å². The zero-order valence-electron chi connectivity index (χ0n) is 9.97. The minimum Gasteiger partial charge on any atom is -0.352 e. The van der Waals surface area contributed by atoms with Crippen LogP contribution in [0.15, 0.2) is 34.8 Å². The highest BCUT2D eigenvalue weighted by Gasteiger charge is 2.11. The van der Waals surface area contributed by atoms with Crippen LogP contribution in [0, 0.1) is 29.9 Å². The summed E-state index contributed by atoms with van der Waals surface area (Å²) < 4.78 is 27.0. The van der Waals surface area contributed by atoms with E-state index in [0.717, 1.165) is 11.6 Å². The molecule has 0 amide bonds. The number of halogens is 3. The van der Waals surface area contributed by atoms with E-state index >= 15 is 0 Å². The quantitative estimate of drug-likeness (QED) is 0.817. The molecular weight excluding hydrogens is 314 g/mol. The molecule has 2 rings (SSSR count). The summed E-state index contributed by atoms with van der Waals surface area (Å²) in [6.45, 7) is 1.81. The van der Waals surface area contributed by atoms with Crippen molar-refractivity contribution in [2.45, 2.75) is 6.92 Å². The van der Waals surface area contributed by atoms with E-state index in [2.05, 4.69) is 21.2 Å². The van der Waals surface area contributed by atoms with Gasteiger partial charge in [-0.1, -0.05) is 12.1 Å². The van der Waals surface area contributed by atoms with Crippen molar-refractivity contribution in [2.24, 2.45) is 0 Å². The molecule has 0 heterocycles. The van der Waals surface area contributed by atoms with Gasteiger partial charge in [-0.05, 0) is 40.5 Å². The predicted octanol–water partition coefficient (Wildman–Crippen LogP) is 4.65. The van der Waals surface area contributed by atoms with Gasteiger partial charge in [-0.2, -0.15) is 5.26 Å². The van der Waals surface area contributed by atoms with Crippen LogP contribution in [-0.2, 0) is 0 Å². The molecule has 19 heavy (non-hydrogen) atoms. The summed E-state index contributed by atoms with van der Waals surface area (Å²) in [6.07, 6.45) is 0. The third-order valence-corrected chi connectivity index (χ3v) is 3.27. The normalized spacial score (nSPS) is 10.1. The standard InChI is InChI=1S/C14H9BrF2N2/c1-8-3-2-4-9(7-18)14(8)19-13-5-10(15)11(16)6-12(13)17/h2-6,19H,1H3. The van der Waals surface area contributed by atoms with E-state index in [1.54, 1.807) is 25.1 Å². The van der Waals surface area contributed by atoms with E-state index in [9.17, 15) is 8.78 Å². The van der Waals surface area contributed by atoms with Gasteiger partial charge in [-0.3, -0.25) is 0 Å². The van der Waals surface area contributed by atoms with Gasteiger partial charge in [0.1, 0.15) is 17.7 Å². The average Bonchev–Trinajstić information content (AvgIpc) is 2.38. The summed E-state index contributed by atoms with van der Waals surface area (Å²) in [5, 5.41) is 11.9. The zero-order valence-corrected chi connectivity index (χ0v) is 11.6. The maximum absolute atomic E-state index is 13.7. The lowest BCUT2D eigenvalue weighted by Gasteiger charge is -2.12. The highest BCUT2D eigenvalue weighted by Crippen LogP contribution is 2.29. The highest BCUT2D eigenvalue weighted by atomic mass is 79.9. The van der Waals surface area contributed by atoms with Crippen molar-refractivity contribution in [2.75, 3.05) is 5.32 Å². The molecule has 2 nitrogen and oxygen atoms in total. The molecule has 96 valence electrons. The van der Waals surface area contributed by atoms with E-state index in [1.165, 1.54) is 6.07 Å². The lowest BCUT2D eigenvalue weighted by atomic mass is 10.1.